The molecule has 33 heavy (non-hydrogen) atoms. The maximum absolute atomic E-state index is 12.0. The molecule has 3 rings (SSSR count). The number of aliphatic hydroxyl groups is 1. The maximum atomic E-state index is 12.0. The monoisotopic (exact) mass is 537 g/mol. The predicted octanol–water partition coefficient (Wildman–Crippen LogP) is 6.26. The van der Waals surface area contributed by atoms with E-state index in [4.69, 9.17) is 5.11 Å². The first-order valence-corrected chi connectivity index (χ1v) is 10.2. The van der Waals surface area contributed by atoms with E-state index < -0.39 is 19.3 Å². The van der Waals surface area contributed by atoms with Gasteiger partial charge in [-0.05, 0) is 36.4 Å². The summed E-state index contributed by atoms with van der Waals surface area (Å²) in [6.07, 6.45) is -3.67. The van der Waals surface area contributed by atoms with Gasteiger partial charge in [-0.25, -0.2) is 26.3 Å². The van der Waals surface area contributed by atoms with Crippen LogP contribution < -0.4 is 0 Å². The molecule has 0 amide bonds. The molecular weight excluding hydrogens is 520 g/mol. The second-order valence-corrected chi connectivity index (χ2v) is 6.55. The zero-order valence-electron chi connectivity index (χ0n) is 16.8. The van der Waals surface area contributed by atoms with Crippen molar-refractivity contribution in [2.75, 3.05) is 0 Å². The summed E-state index contributed by atoms with van der Waals surface area (Å²) >= 11 is 3.17. The molecule has 0 atom stereocenters. The van der Waals surface area contributed by atoms with Crippen molar-refractivity contribution in [3.8, 4) is 0 Å². The van der Waals surface area contributed by atoms with Gasteiger partial charge in [-0.1, -0.05) is 15.9 Å². The summed E-state index contributed by atoms with van der Waals surface area (Å²) in [5.74, 6) is 0. The highest BCUT2D eigenvalue weighted by Crippen LogP contribution is 2.18. The summed E-state index contributed by atoms with van der Waals surface area (Å²) in [6.45, 7) is -0.219. The molecule has 0 radical (unpaired) electrons. The van der Waals surface area contributed by atoms with Crippen LogP contribution in [0.5, 0.6) is 0 Å². The van der Waals surface area contributed by atoms with Gasteiger partial charge in [-0.2, -0.15) is 0 Å². The third-order valence-corrected chi connectivity index (χ3v) is 4.25. The van der Waals surface area contributed by atoms with E-state index in [0.29, 0.717) is 17.3 Å². The van der Waals surface area contributed by atoms with Crippen LogP contribution in [-0.4, -0.2) is 26.3 Å². The van der Waals surface area contributed by atoms with Gasteiger partial charge in [0.25, 0.3) is 19.3 Å². The molecule has 0 bridgehead atoms. The Balaban J connectivity index is 0.000000247. The van der Waals surface area contributed by atoms with Crippen molar-refractivity contribution in [3.63, 3.8) is 0 Å². The molecule has 1 N–H and O–H groups in total. The van der Waals surface area contributed by atoms with Crippen LogP contribution in [0.15, 0.2) is 55.0 Å². The van der Waals surface area contributed by atoms with Gasteiger partial charge < -0.3 is 5.11 Å². The second kappa shape index (κ2) is 15.1. The summed E-state index contributed by atoms with van der Waals surface area (Å²) in [7, 11) is 0. The zero-order valence-corrected chi connectivity index (χ0v) is 18.3. The summed E-state index contributed by atoms with van der Waals surface area (Å²) in [5.41, 5.74) is 0.991. The molecular formula is C21H18BrF6N3O2. The first kappa shape index (κ1) is 28.2. The Labute approximate surface area is 193 Å². The number of nitrogens with zero attached hydrogens (tertiary/aromatic N) is 3. The molecule has 12 heteroatoms. The minimum atomic E-state index is -2.52. The Morgan fingerprint density at radius 2 is 1.15 bits per heavy atom. The molecule has 0 aliphatic rings. The fourth-order valence-electron chi connectivity index (χ4n) is 1.92. The number of aromatic nitrogens is 3. The number of carbonyl (C=O) groups excluding carboxylic acids is 1. The summed E-state index contributed by atoms with van der Waals surface area (Å²) in [6, 6.07) is 8.03. The largest absolute Gasteiger partial charge is 0.390 e. The Bertz CT molecular complexity index is 892. The number of carbonyl (C=O) groups is 1. The van der Waals surface area contributed by atoms with Gasteiger partial charge >= 0.3 is 0 Å². The Hall–Kier alpha value is -2.86. The van der Waals surface area contributed by atoms with Gasteiger partial charge in [0.15, 0.2) is 6.29 Å². The number of aliphatic hydroxyl groups excluding tert-OH is 1. The number of hydrogen-bond donors (Lipinski definition) is 1. The fourth-order valence-corrected chi connectivity index (χ4v) is 2.25. The molecule has 3 aromatic heterocycles. The fraction of sp³-hybridized carbons (Fsp3) is 0.238. The van der Waals surface area contributed by atoms with Crippen molar-refractivity contribution in [2.24, 2.45) is 0 Å². The maximum Gasteiger partial charge on any atom is 0.265 e. The van der Waals surface area contributed by atoms with E-state index in [1.54, 1.807) is 6.07 Å². The van der Waals surface area contributed by atoms with Crippen LogP contribution in [0, 0.1) is 0 Å². The molecule has 178 valence electrons. The lowest BCUT2D eigenvalue weighted by Crippen LogP contribution is -1.91. The highest BCUT2D eigenvalue weighted by Gasteiger charge is 2.07. The van der Waals surface area contributed by atoms with E-state index in [1.165, 1.54) is 36.5 Å². The Morgan fingerprint density at radius 3 is 1.42 bits per heavy atom. The number of hydrogen-bond acceptors (Lipinski definition) is 5. The molecule has 0 aromatic carbocycles. The highest BCUT2D eigenvalue weighted by atomic mass is 79.9. The molecule has 5 nitrogen and oxygen atoms in total. The lowest BCUT2D eigenvalue weighted by Gasteiger charge is -1.98. The quantitative estimate of drug-likeness (QED) is 0.228. The average Bonchev–Trinajstić information content (AvgIpc) is 2.84. The predicted molar refractivity (Wildman–Crippen MR) is 112 cm³/mol. The molecule has 3 aromatic rings. The van der Waals surface area contributed by atoms with Crippen molar-refractivity contribution in [1.82, 2.24) is 15.0 Å². The van der Waals surface area contributed by atoms with Crippen molar-refractivity contribution in [1.29, 1.82) is 0 Å². The Kier molecular flexibility index (Phi) is 12.9. The molecule has 0 unspecified atom stereocenters. The van der Waals surface area contributed by atoms with Crippen LogP contribution in [0.1, 0.15) is 57.8 Å². The van der Waals surface area contributed by atoms with Gasteiger partial charge in [-0.3, -0.25) is 19.7 Å². The number of alkyl halides is 7. The average molecular weight is 538 g/mol. The standard InChI is InChI=1S/C7H6BrF2N.C7H7F2NO.C7H5F2NO/c8-3-6-2-1-5(4-11-6)7(9)10;2*8-7(9)5-1-2-6(4-11)10-3-5/h1-2,4,7H,3H2;1-3,7,11H,4H2;1-4,7H. The molecule has 0 fully saturated rings. The van der Waals surface area contributed by atoms with Gasteiger partial charge in [0.1, 0.15) is 5.69 Å². The van der Waals surface area contributed by atoms with E-state index in [1.807, 2.05) is 0 Å². The smallest absolute Gasteiger partial charge is 0.265 e. The van der Waals surface area contributed by atoms with E-state index in [-0.39, 0.29) is 29.0 Å². The summed E-state index contributed by atoms with van der Waals surface area (Å²) in [5, 5.41) is 9.11. The third-order valence-electron chi connectivity index (χ3n) is 3.68. The topological polar surface area (TPSA) is 76.0 Å². The first-order chi connectivity index (χ1) is 15.7. The normalized spacial score (nSPS) is 10.4. The molecule has 0 saturated heterocycles. The van der Waals surface area contributed by atoms with E-state index in [9.17, 15) is 31.1 Å². The SMILES string of the molecule is FC(F)c1ccc(CBr)nc1.O=Cc1ccc(C(F)F)cn1.OCc1ccc(C(F)F)cn1. The van der Waals surface area contributed by atoms with Crippen LogP contribution >= 0.6 is 15.9 Å². The second-order valence-electron chi connectivity index (χ2n) is 5.99. The van der Waals surface area contributed by atoms with Crippen molar-refractivity contribution < 1.29 is 36.2 Å². The van der Waals surface area contributed by atoms with Crippen LogP contribution in [0.25, 0.3) is 0 Å². The van der Waals surface area contributed by atoms with Gasteiger partial charge in [0.05, 0.1) is 18.0 Å². The Morgan fingerprint density at radius 1 is 0.727 bits per heavy atom. The van der Waals surface area contributed by atoms with Gasteiger partial charge in [-0.15, -0.1) is 0 Å². The van der Waals surface area contributed by atoms with Crippen LogP contribution in [0.4, 0.5) is 26.3 Å². The lowest BCUT2D eigenvalue weighted by molar-refractivity contribution is 0.111. The summed E-state index contributed by atoms with van der Waals surface area (Å²) in [4.78, 5) is 20.9. The number of aldehydes is 1. The lowest BCUT2D eigenvalue weighted by atomic mass is 10.2. The van der Waals surface area contributed by atoms with Crippen LogP contribution in [-0.2, 0) is 11.9 Å². The van der Waals surface area contributed by atoms with E-state index >= 15 is 0 Å². The van der Waals surface area contributed by atoms with Gasteiger partial charge in [0.2, 0.25) is 0 Å². The third kappa shape index (κ3) is 10.5. The molecule has 0 spiro atoms. The van der Waals surface area contributed by atoms with Crippen LogP contribution in [0.3, 0.4) is 0 Å². The number of halogens is 7. The van der Waals surface area contributed by atoms with Crippen molar-refractivity contribution in [2.45, 2.75) is 31.2 Å². The van der Waals surface area contributed by atoms with E-state index in [2.05, 4.69) is 30.9 Å². The first-order valence-electron chi connectivity index (χ1n) is 9.03. The molecule has 0 aliphatic heterocycles. The minimum absolute atomic E-state index is 0.0327. The molecule has 0 aliphatic carbocycles. The molecule has 0 saturated carbocycles. The zero-order chi connectivity index (χ0) is 24.8. The minimum Gasteiger partial charge on any atom is -0.390 e. The van der Waals surface area contributed by atoms with Crippen molar-refractivity contribution in [3.05, 3.63) is 88.8 Å². The van der Waals surface area contributed by atoms with Crippen LogP contribution in [0.2, 0.25) is 0 Å². The summed E-state index contributed by atoms with van der Waals surface area (Å²) < 4.78 is 71.5. The number of rotatable bonds is 6. The number of pyridine rings is 3. The van der Waals surface area contributed by atoms with Crippen molar-refractivity contribution >= 4 is 22.2 Å². The molecule has 3 heterocycles. The van der Waals surface area contributed by atoms with Gasteiger partial charge in [0, 0.05) is 40.6 Å². The van der Waals surface area contributed by atoms with E-state index in [0.717, 1.165) is 18.1 Å². The highest BCUT2D eigenvalue weighted by molar-refractivity contribution is 9.08.